The van der Waals surface area contributed by atoms with Crippen molar-refractivity contribution in [2.45, 2.75) is 12.7 Å². The molecule has 126 valence electrons. The lowest BCUT2D eigenvalue weighted by molar-refractivity contribution is -0.136. The third-order valence-electron chi connectivity index (χ3n) is 3.74. The lowest BCUT2D eigenvalue weighted by Crippen LogP contribution is -2.05. The lowest BCUT2D eigenvalue weighted by Gasteiger charge is -2.10. The maximum Gasteiger partial charge on any atom is 0.417 e. The maximum atomic E-state index is 13.2. The molecule has 1 aromatic heterocycles. The van der Waals surface area contributed by atoms with Gasteiger partial charge in [0.25, 0.3) is 0 Å². The molecule has 7 heteroatoms. The van der Waals surface area contributed by atoms with E-state index in [0.29, 0.717) is 5.75 Å². The summed E-state index contributed by atoms with van der Waals surface area (Å²) in [6.45, 7) is 0.222. The highest BCUT2D eigenvalue weighted by molar-refractivity contribution is 6.31. The Morgan fingerprint density at radius 2 is 1.83 bits per heavy atom. The number of ether oxygens (including phenoxy) is 1. The summed E-state index contributed by atoms with van der Waals surface area (Å²) in [6.07, 6.45) is -3.15. The smallest absolute Gasteiger partial charge is 0.417 e. The first-order valence-electron chi connectivity index (χ1n) is 7.01. The van der Waals surface area contributed by atoms with E-state index in [1.807, 2.05) is 0 Å². The van der Waals surface area contributed by atoms with Crippen LogP contribution in [-0.2, 0) is 12.7 Å². The van der Waals surface area contributed by atoms with Crippen molar-refractivity contribution in [3.63, 3.8) is 0 Å². The van der Waals surface area contributed by atoms with E-state index in [9.17, 15) is 18.3 Å². The largest absolute Gasteiger partial charge is 0.497 e. The first-order chi connectivity index (χ1) is 11.3. The minimum absolute atomic E-state index is 0.0311. The van der Waals surface area contributed by atoms with Crippen LogP contribution in [0.15, 0.2) is 42.6 Å². The third kappa shape index (κ3) is 3.01. The Kier molecular flexibility index (Phi) is 4.09. The van der Waals surface area contributed by atoms with Gasteiger partial charge in [-0.05, 0) is 29.8 Å². The number of methoxy groups -OCH3 is 1. The Morgan fingerprint density at radius 3 is 2.42 bits per heavy atom. The molecule has 0 bridgehead atoms. The molecule has 0 aliphatic rings. The van der Waals surface area contributed by atoms with Crippen LogP contribution >= 0.6 is 11.6 Å². The molecular weight excluding hydrogens is 343 g/mol. The first-order valence-corrected chi connectivity index (χ1v) is 7.39. The molecule has 0 fully saturated rings. The van der Waals surface area contributed by atoms with Gasteiger partial charge in [0.1, 0.15) is 5.75 Å². The van der Waals surface area contributed by atoms with Crippen LogP contribution in [0, 0.1) is 0 Å². The van der Waals surface area contributed by atoms with E-state index < -0.39 is 17.6 Å². The predicted molar refractivity (Wildman–Crippen MR) is 85.7 cm³/mol. The number of aromatic hydroxyl groups is 1. The van der Waals surface area contributed by atoms with Crippen LogP contribution in [0.3, 0.4) is 0 Å². The second-order valence-corrected chi connectivity index (χ2v) is 5.78. The Bertz CT molecular complexity index is 885. The number of aromatic nitrogens is 1. The SMILES string of the molecule is COc1ccc(Cn2cc3cc(Cl)cc(C(F)(F)F)c3c2O)cc1. The molecule has 0 unspecified atom stereocenters. The minimum Gasteiger partial charge on any atom is -0.497 e. The molecule has 2 aromatic carbocycles. The lowest BCUT2D eigenvalue weighted by atomic mass is 10.1. The quantitative estimate of drug-likeness (QED) is 0.711. The first kappa shape index (κ1) is 16.5. The molecule has 0 atom stereocenters. The maximum absolute atomic E-state index is 13.2. The van der Waals surface area contributed by atoms with Crippen LogP contribution in [0.5, 0.6) is 11.6 Å². The molecule has 3 rings (SSSR count). The number of hydrogen-bond donors (Lipinski definition) is 1. The molecule has 0 spiro atoms. The van der Waals surface area contributed by atoms with Crippen molar-refractivity contribution in [1.82, 2.24) is 4.57 Å². The van der Waals surface area contributed by atoms with Gasteiger partial charge in [0.05, 0.1) is 24.6 Å². The summed E-state index contributed by atoms with van der Waals surface area (Å²) in [5, 5.41) is 10.2. The molecule has 0 aliphatic heterocycles. The molecule has 3 aromatic rings. The van der Waals surface area contributed by atoms with Crippen molar-refractivity contribution in [2.75, 3.05) is 7.11 Å². The molecule has 24 heavy (non-hydrogen) atoms. The monoisotopic (exact) mass is 355 g/mol. The van der Waals surface area contributed by atoms with Gasteiger partial charge in [-0.1, -0.05) is 23.7 Å². The number of nitrogens with zero attached hydrogens (tertiary/aromatic N) is 1. The Balaban J connectivity index is 2.08. The van der Waals surface area contributed by atoms with E-state index in [2.05, 4.69) is 0 Å². The van der Waals surface area contributed by atoms with Gasteiger partial charge in [0, 0.05) is 16.6 Å². The van der Waals surface area contributed by atoms with Gasteiger partial charge >= 0.3 is 6.18 Å². The molecular formula is C17H13ClF3NO2. The van der Waals surface area contributed by atoms with Gasteiger partial charge in [-0.25, -0.2) is 0 Å². The zero-order valence-electron chi connectivity index (χ0n) is 12.6. The van der Waals surface area contributed by atoms with Gasteiger partial charge in [-0.2, -0.15) is 13.2 Å². The zero-order chi connectivity index (χ0) is 17.5. The van der Waals surface area contributed by atoms with Gasteiger partial charge in [-0.15, -0.1) is 0 Å². The van der Waals surface area contributed by atoms with E-state index in [1.165, 1.54) is 16.8 Å². The van der Waals surface area contributed by atoms with Crippen LogP contribution in [0.4, 0.5) is 13.2 Å². The van der Waals surface area contributed by atoms with E-state index in [4.69, 9.17) is 16.3 Å². The molecule has 0 aliphatic carbocycles. The summed E-state index contributed by atoms with van der Waals surface area (Å²) in [4.78, 5) is 0. The fraction of sp³-hybridized carbons (Fsp3) is 0.176. The van der Waals surface area contributed by atoms with Crippen molar-refractivity contribution in [3.8, 4) is 11.6 Å². The Morgan fingerprint density at radius 1 is 1.17 bits per heavy atom. The molecule has 3 nitrogen and oxygen atoms in total. The number of rotatable bonds is 3. The van der Waals surface area contributed by atoms with Crippen molar-refractivity contribution in [2.24, 2.45) is 0 Å². The Hall–Kier alpha value is -2.34. The number of alkyl halides is 3. The molecule has 0 saturated heterocycles. The fourth-order valence-electron chi connectivity index (χ4n) is 2.62. The van der Waals surface area contributed by atoms with Crippen LogP contribution in [0.1, 0.15) is 11.1 Å². The number of fused-ring (bicyclic) bond motifs is 1. The fourth-order valence-corrected chi connectivity index (χ4v) is 2.85. The van der Waals surface area contributed by atoms with E-state index in [-0.39, 0.29) is 22.3 Å². The topological polar surface area (TPSA) is 34.4 Å². The van der Waals surface area contributed by atoms with E-state index in [0.717, 1.165) is 11.6 Å². The normalized spacial score (nSPS) is 11.9. The van der Waals surface area contributed by atoms with Crippen molar-refractivity contribution >= 4 is 22.4 Å². The van der Waals surface area contributed by atoms with E-state index >= 15 is 0 Å². The number of benzene rings is 2. The summed E-state index contributed by atoms with van der Waals surface area (Å²) >= 11 is 5.78. The van der Waals surface area contributed by atoms with Crippen molar-refractivity contribution < 1.29 is 23.0 Å². The molecule has 1 heterocycles. The average Bonchev–Trinajstić information content (AvgIpc) is 2.82. The average molecular weight is 356 g/mol. The summed E-state index contributed by atoms with van der Waals surface area (Å²) < 4.78 is 46.0. The third-order valence-corrected chi connectivity index (χ3v) is 3.96. The Labute approximate surface area is 140 Å². The summed E-state index contributed by atoms with van der Waals surface area (Å²) in [5.41, 5.74) is -0.137. The van der Waals surface area contributed by atoms with Gasteiger partial charge in [0.2, 0.25) is 0 Å². The zero-order valence-corrected chi connectivity index (χ0v) is 13.3. The van der Waals surface area contributed by atoms with Crippen LogP contribution in [0.25, 0.3) is 10.8 Å². The molecule has 0 radical (unpaired) electrons. The molecule has 1 N–H and O–H groups in total. The van der Waals surface area contributed by atoms with Crippen LogP contribution in [-0.4, -0.2) is 16.8 Å². The predicted octanol–water partition coefficient (Wildman–Crippen LogP) is 5.08. The highest BCUT2D eigenvalue weighted by Gasteiger charge is 2.35. The van der Waals surface area contributed by atoms with Crippen molar-refractivity contribution in [3.05, 3.63) is 58.7 Å². The van der Waals surface area contributed by atoms with Crippen LogP contribution < -0.4 is 4.74 Å². The van der Waals surface area contributed by atoms with Gasteiger partial charge in [0.15, 0.2) is 5.88 Å². The van der Waals surface area contributed by atoms with E-state index in [1.54, 1.807) is 31.4 Å². The highest BCUT2D eigenvalue weighted by atomic mass is 35.5. The number of halogens is 4. The summed E-state index contributed by atoms with van der Waals surface area (Å²) in [6, 6.07) is 9.26. The molecule has 0 saturated carbocycles. The summed E-state index contributed by atoms with van der Waals surface area (Å²) in [7, 11) is 1.54. The number of hydrogen-bond acceptors (Lipinski definition) is 2. The van der Waals surface area contributed by atoms with Gasteiger partial charge in [-0.3, -0.25) is 0 Å². The molecule has 0 amide bonds. The highest BCUT2D eigenvalue weighted by Crippen LogP contribution is 2.41. The second kappa shape index (κ2) is 5.94. The second-order valence-electron chi connectivity index (χ2n) is 5.34. The van der Waals surface area contributed by atoms with Crippen LogP contribution in [0.2, 0.25) is 5.02 Å². The standard InChI is InChI=1S/C17H13ClF3NO2/c1-24-13-4-2-10(3-5-13)8-22-9-11-6-12(18)7-14(17(19,20)21)15(11)16(22)23/h2-7,9,23H,8H2,1H3. The van der Waals surface area contributed by atoms with Crippen molar-refractivity contribution in [1.29, 1.82) is 0 Å². The minimum atomic E-state index is -4.60. The van der Waals surface area contributed by atoms with Gasteiger partial charge < -0.3 is 14.4 Å². The summed E-state index contributed by atoms with van der Waals surface area (Å²) in [5.74, 6) is 0.233.